The highest BCUT2D eigenvalue weighted by Crippen LogP contribution is 2.23. The van der Waals surface area contributed by atoms with Crippen LogP contribution in [0.4, 0.5) is 11.5 Å². The maximum atomic E-state index is 6.27. The first kappa shape index (κ1) is 16.7. The van der Waals surface area contributed by atoms with Crippen LogP contribution in [-0.4, -0.2) is 70.1 Å². The maximum absolute atomic E-state index is 6.27. The van der Waals surface area contributed by atoms with E-state index in [1.807, 2.05) is 19.3 Å². The van der Waals surface area contributed by atoms with Crippen LogP contribution >= 0.6 is 0 Å². The molecule has 2 atom stereocenters. The smallest absolute Gasteiger partial charge is 0.181 e. The normalized spacial score (nSPS) is 21.8. The van der Waals surface area contributed by atoms with Crippen molar-refractivity contribution in [3.63, 3.8) is 0 Å². The number of hydrogen-bond donors (Lipinski definition) is 1. The lowest BCUT2D eigenvalue weighted by atomic mass is 10.2. The summed E-state index contributed by atoms with van der Waals surface area (Å²) in [6, 6.07) is 1.84. The fourth-order valence-corrected chi connectivity index (χ4v) is 3.12. The van der Waals surface area contributed by atoms with E-state index in [0.29, 0.717) is 11.5 Å². The summed E-state index contributed by atoms with van der Waals surface area (Å²) in [5.74, 6) is 1.33. The molecule has 130 valence electrons. The predicted octanol–water partition coefficient (Wildman–Crippen LogP) is 0.790. The molecule has 0 saturated carbocycles. The maximum Gasteiger partial charge on any atom is 0.181 e. The molecule has 0 spiro atoms. The van der Waals surface area contributed by atoms with E-state index in [-0.39, 0.29) is 12.2 Å². The third-order valence-electron chi connectivity index (χ3n) is 4.17. The zero-order valence-electron chi connectivity index (χ0n) is 14.5. The van der Waals surface area contributed by atoms with E-state index < -0.39 is 0 Å². The van der Waals surface area contributed by atoms with E-state index in [1.165, 1.54) is 6.33 Å². The van der Waals surface area contributed by atoms with Crippen LogP contribution in [-0.2, 0) is 4.74 Å². The number of morpholine rings is 1. The van der Waals surface area contributed by atoms with Gasteiger partial charge in [-0.15, -0.1) is 0 Å². The van der Waals surface area contributed by atoms with Crippen molar-refractivity contribution in [3.8, 4) is 5.82 Å². The first-order valence-corrected chi connectivity index (χ1v) is 8.24. The average molecular weight is 331 g/mol. The van der Waals surface area contributed by atoms with Gasteiger partial charge in [-0.1, -0.05) is 0 Å². The lowest BCUT2D eigenvalue weighted by Gasteiger charge is -2.36. The second-order valence-electron chi connectivity index (χ2n) is 6.32. The van der Waals surface area contributed by atoms with Gasteiger partial charge in [0.25, 0.3) is 0 Å². The highest BCUT2D eigenvalue weighted by molar-refractivity contribution is 5.69. The van der Waals surface area contributed by atoms with Crippen molar-refractivity contribution in [1.82, 2.24) is 24.6 Å². The molecule has 24 heavy (non-hydrogen) atoms. The van der Waals surface area contributed by atoms with Gasteiger partial charge in [-0.2, -0.15) is 5.10 Å². The second-order valence-corrected chi connectivity index (χ2v) is 6.32. The van der Waals surface area contributed by atoms with E-state index in [0.717, 1.165) is 32.0 Å². The molecule has 0 radical (unpaired) electrons. The summed E-state index contributed by atoms with van der Waals surface area (Å²) in [5, 5.41) is 4.19. The fraction of sp³-hybridized carbons (Fsp3) is 0.562. The Balaban J connectivity index is 1.67. The molecule has 0 amide bonds. The molecule has 2 N–H and O–H groups in total. The van der Waals surface area contributed by atoms with Gasteiger partial charge in [0.1, 0.15) is 12.0 Å². The SMILES string of the molecule is C[C@@H]1CN(CCN(C)c2ncnc(-n3cccn3)c2N)C[C@H](C)O1. The van der Waals surface area contributed by atoms with Crippen LogP contribution in [0.15, 0.2) is 24.8 Å². The van der Waals surface area contributed by atoms with Crippen molar-refractivity contribution in [1.29, 1.82) is 0 Å². The number of nitrogens with two attached hydrogens (primary N) is 1. The molecule has 1 fully saturated rings. The van der Waals surface area contributed by atoms with Crippen LogP contribution in [0.5, 0.6) is 0 Å². The highest BCUT2D eigenvalue weighted by Gasteiger charge is 2.22. The van der Waals surface area contributed by atoms with Crippen LogP contribution in [0.25, 0.3) is 5.82 Å². The number of anilines is 2. The molecule has 1 aliphatic rings. The predicted molar refractivity (Wildman–Crippen MR) is 93.3 cm³/mol. The Kier molecular flexibility index (Phi) is 4.96. The highest BCUT2D eigenvalue weighted by atomic mass is 16.5. The molecule has 1 saturated heterocycles. The summed E-state index contributed by atoms with van der Waals surface area (Å²) in [5.41, 5.74) is 6.80. The minimum atomic E-state index is 0.273. The lowest BCUT2D eigenvalue weighted by Crippen LogP contribution is -2.47. The molecule has 8 heteroatoms. The molecular weight excluding hydrogens is 306 g/mol. The second kappa shape index (κ2) is 7.14. The Morgan fingerprint density at radius 3 is 2.71 bits per heavy atom. The number of rotatable bonds is 5. The van der Waals surface area contributed by atoms with Gasteiger partial charge < -0.3 is 15.4 Å². The zero-order chi connectivity index (χ0) is 17.1. The third-order valence-corrected chi connectivity index (χ3v) is 4.17. The summed E-state index contributed by atoms with van der Waals surface area (Å²) >= 11 is 0. The summed E-state index contributed by atoms with van der Waals surface area (Å²) in [6.07, 6.45) is 5.59. The van der Waals surface area contributed by atoms with Gasteiger partial charge in [0.15, 0.2) is 11.6 Å². The van der Waals surface area contributed by atoms with E-state index in [2.05, 4.69) is 38.7 Å². The van der Waals surface area contributed by atoms with E-state index in [4.69, 9.17) is 10.5 Å². The molecule has 3 heterocycles. The van der Waals surface area contributed by atoms with Gasteiger partial charge in [-0.25, -0.2) is 14.6 Å². The number of likely N-dealkylation sites (N-methyl/N-ethyl adjacent to an activating group) is 1. The lowest BCUT2D eigenvalue weighted by molar-refractivity contribution is -0.0670. The molecule has 0 bridgehead atoms. The van der Waals surface area contributed by atoms with Crippen molar-refractivity contribution in [2.24, 2.45) is 0 Å². The average Bonchev–Trinajstić information content (AvgIpc) is 3.06. The van der Waals surface area contributed by atoms with Crippen molar-refractivity contribution in [3.05, 3.63) is 24.8 Å². The minimum absolute atomic E-state index is 0.273. The number of nitrogens with zero attached hydrogens (tertiary/aromatic N) is 6. The van der Waals surface area contributed by atoms with Gasteiger partial charge in [-0.05, 0) is 19.9 Å². The van der Waals surface area contributed by atoms with Gasteiger partial charge in [-0.3, -0.25) is 4.90 Å². The third kappa shape index (κ3) is 3.65. The van der Waals surface area contributed by atoms with Crippen LogP contribution < -0.4 is 10.6 Å². The summed E-state index contributed by atoms with van der Waals surface area (Å²) in [6.45, 7) is 7.91. The number of ether oxygens (including phenoxy) is 1. The van der Waals surface area contributed by atoms with E-state index >= 15 is 0 Å². The Morgan fingerprint density at radius 2 is 2.04 bits per heavy atom. The van der Waals surface area contributed by atoms with Crippen LogP contribution in [0.3, 0.4) is 0 Å². The van der Waals surface area contributed by atoms with Crippen LogP contribution in [0.2, 0.25) is 0 Å². The quantitative estimate of drug-likeness (QED) is 0.867. The van der Waals surface area contributed by atoms with Gasteiger partial charge >= 0.3 is 0 Å². The van der Waals surface area contributed by atoms with Crippen molar-refractivity contribution >= 4 is 11.5 Å². The van der Waals surface area contributed by atoms with Gasteiger partial charge in [0.2, 0.25) is 0 Å². The first-order valence-electron chi connectivity index (χ1n) is 8.24. The minimum Gasteiger partial charge on any atom is -0.393 e. The molecule has 0 unspecified atom stereocenters. The fourth-order valence-electron chi connectivity index (χ4n) is 3.12. The first-order chi connectivity index (χ1) is 11.5. The summed E-state index contributed by atoms with van der Waals surface area (Å²) < 4.78 is 7.43. The zero-order valence-corrected chi connectivity index (χ0v) is 14.5. The van der Waals surface area contributed by atoms with E-state index in [9.17, 15) is 0 Å². The summed E-state index contributed by atoms with van der Waals surface area (Å²) in [4.78, 5) is 13.1. The van der Waals surface area contributed by atoms with Gasteiger partial charge in [0.05, 0.1) is 12.2 Å². The molecule has 3 rings (SSSR count). The molecule has 0 aromatic carbocycles. The standard InChI is InChI=1S/C16H25N7O/c1-12-9-22(10-13(2)24-12)8-7-21(3)15-14(17)16(19-11-18-15)23-6-4-5-20-23/h4-6,11-13H,7-10,17H2,1-3H3/t12-,13+. The molecule has 8 nitrogen and oxygen atoms in total. The Hall–Kier alpha value is -2.19. The number of aromatic nitrogens is 4. The van der Waals surface area contributed by atoms with Crippen molar-refractivity contribution in [2.45, 2.75) is 26.1 Å². The van der Waals surface area contributed by atoms with Crippen LogP contribution in [0.1, 0.15) is 13.8 Å². The van der Waals surface area contributed by atoms with Gasteiger partial charge in [0, 0.05) is 45.6 Å². The largest absolute Gasteiger partial charge is 0.393 e. The molecule has 1 aliphatic heterocycles. The molecule has 2 aromatic rings. The van der Waals surface area contributed by atoms with Crippen molar-refractivity contribution < 1.29 is 4.74 Å². The van der Waals surface area contributed by atoms with Crippen molar-refractivity contribution in [2.75, 3.05) is 43.9 Å². The Bertz CT molecular complexity index is 650. The summed E-state index contributed by atoms with van der Waals surface area (Å²) in [7, 11) is 2.00. The number of nitrogen functional groups attached to an aromatic ring is 1. The molecular formula is C16H25N7O. The molecule has 0 aliphatic carbocycles. The molecule has 2 aromatic heterocycles. The van der Waals surface area contributed by atoms with Crippen LogP contribution in [0, 0.1) is 0 Å². The Labute approximate surface area is 142 Å². The van der Waals surface area contributed by atoms with E-state index in [1.54, 1.807) is 10.9 Å². The Morgan fingerprint density at radius 1 is 1.29 bits per heavy atom. The number of hydrogen-bond acceptors (Lipinski definition) is 7. The topological polar surface area (TPSA) is 85.3 Å². The monoisotopic (exact) mass is 331 g/mol.